The summed E-state index contributed by atoms with van der Waals surface area (Å²) in [5, 5.41) is 3.54. The van der Waals surface area contributed by atoms with Crippen LogP contribution in [0.15, 0.2) is 77.7 Å². The molecule has 0 heterocycles. The molecule has 0 unspecified atom stereocenters. The number of nitrogens with one attached hydrogen (secondary N) is 1. The van der Waals surface area contributed by atoms with Crippen LogP contribution in [0.2, 0.25) is 5.02 Å². The van der Waals surface area contributed by atoms with Crippen molar-refractivity contribution in [1.29, 1.82) is 0 Å². The van der Waals surface area contributed by atoms with Crippen molar-refractivity contribution in [3.05, 3.63) is 94.5 Å². The molecule has 0 aliphatic heterocycles. The van der Waals surface area contributed by atoms with E-state index in [1.807, 2.05) is 19.1 Å². The Labute approximate surface area is 242 Å². The standard InChI is InChI=1S/C31H36ClN3O4S/c1-22-16-18-27(19-17-22)40(38,39)35(29-15-9-4-10-23(29)2)21-30(36)34(20-25-11-5-8-14-28(25)32)24(3)31(37)33-26-12-6-7-13-26/h4-5,8-11,14-19,24,26H,6-7,12-13,20-21H2,1-3H3,(H,33,37)/t24-/m1/s1. The zero-order chi connectivity index (χ0) is 28.9. The second kappa shape index (κ2) is 12.9. The van der Waals surface area contributed by atoms with E-state index in [4.69, 9.17) is 11.6 Å². The third-order valence-corrected chi connectivity index (χ3v) is 9.58. The summed E-state index contributed by atoms with van der Waals surface area (Å²) in [5.41, 5.74) is 2.69. The van der Waals surface area contributed by atoms with Crippen molar-refractivity contribution in [3.63, 3.8) is 0 Å². The van der Waals surface area contributed by atoms with Gasteiger partial charge in [0, 0.05) is 17.6 Å². The van der Waals surface area contributed by atoms with Crippen LogP contribution in [-0.4, -0.2) is 43.8 Å². The number of nitrogens with zero attached hydrogens (tertiary/aromatic N) is 2. The molecule has 212 valence electrons. The average molecular weight is 582 g/mol. The first-order chi connectivity index (χ1) is 19.1. The van der Waals surface area contributed by atoms with Gasteiger partial charge in [-0.2, -0.15) is 0 Å². The second-order valence-corrected chi connectivity index (χ2v) is 12.7. The molecule has 0 radical (unpaired) electrons. The molecule has 4 rings (SSSR count). The Bertz CT molecular complexity index is 1450. The highest BCUT2D eigenvalue weighted by Gasteiger charge is 2.34. The summed E-state index contributed by atoms with van der Waals surface area (Å²) in [7, 11) is -4.11. The number of amides is 2. The van der Waals surface area contributed by atoms with Crippen LogP contribution in [-0.2, 0) is 26.2 Å². The van der Waals surface area contributed by atoms with Crippen LogP contribution in [0, 0.1) is 13.8 Å². The van der Waals surface area contributed by atoms with Crippen LogP contribution < -0.4 is 9.62 Å². The first-order valence-electron chi connectivity index (χ1n) is 13.6. The number of benzene rings is 3. The highest BCUT2D eigenvalue weighted by Crippen LogP contribution is 2.28. The van der Waals surface area contributed by atoms with Crippen molar-refractivity contribution in [3.8, 4) is 0 Å². The predicted octanol–water partition coefficient (Wildman–Crippen LogP) is 5.63. The van der Waals surface area contributed by atoms with Crippen molar-refractivity contribution in [2.24, 2.45) is 0 Å². The van der Waals surface area contributed by atoms with Gasteiger partial charge in [-0.15, -0.1) is 0 Å². The van der Waals surface area contributed by atoms with Crippen LogP contribution in [0.3, 0.4) is 0 Å². The number of hydrogen-bond donors (Lipinski definition) is 1. The molecule has 0 spiro atoms. The SMILES string of the molecule is Cc1ccc(S(=O)(=O)N(CC(=O)N(Cc2ccccc2Cl)[C@H](C)C(=O)NC2CCCC2)c2ccccc2C)cc1. The second-order valence-electron chi connectivity index (χ2n) is 10.4. The fourth-order valence-corrected chi connectivity index (χ4v) is 6.65. The van der Waals surface area contributed by atoms with Gasteiger partial charge in [-0.1, -0.05) is 78.5 Å². The minimum absolute atomic E-state index is 0.0595. The number of hydrogen-bond acceptors (Lipinski definition) is 4. The van der Waals surface area contributed by atoms with E-state index in [9.17, 15) is 18.0 Å². The summed E-state index contributed by atoms with van der Waals surface area (Å²) in [6, 6.07) is 19.9. The Morgan fingerprint density at radius 2 is 1.57 bits per heavy atom. The molecule has 0 aromatic heterocycles. The fraction of sp³-hybridized carbons (Fsp3) is 0.355. The van der Waals surface area contributed by atoms with Gasteiger partial charge in [0.05, 0.1) is 10.6 Å². The molecular weight excluding hydrogens is 546 g/mol. The molecule has 40 heavy (non-hydrogen) atoms. The first kappa shape index (κ1) is 29.6. The summed E-state index contributed by atoms with van der Waals surface area (Å²) in [6.07, 6.45) is 3.94. The minimum atomic E-state index is -4.11. The molecule has 9 heteroatoms. The Kier molecular flexibility index (Phi) is 9.53. The van der Waals surface area contributed by atoms with Crippen LogP contribution in [0.25, 0.3) is 0 Å². The lowest BCUT2D eigenvalue weighted by molar-refractivity contribution is -0.139. The van der Waals surface area contributed by atoms with Gasteiger partial charge in [-0.05, 0) is 69.0 Å². The zero-order valence-electron chi connectivity index (χ0n) is 23.1. The third kappa shape index (κ3) is 6.85. The topological polar surface area (TPSA) is 86.8 Å². The van der Waals surface area contributed by atoms with E-state index in [1.165, 1.54) is 4.90 Å². The number of carbonyl (C=O) groups is 2. The van der Waals surface area contributed by atoms with E-state index < -0.39 is 28.5 Å². The van der Waals surface area contributed by atoms with Gasteiger partial charge in [-0.25, -0.2) is 8.42 Å². The van der Waals surface area contributed by atoms with E-state index in [-0.39, 0.29) is 23.4 Å². The quantitative estimate of drug-likeness (QED) is 0.336. The summed E-state index contributed by atoms with van der Waals surface area (Å²) >= 11 is 6.44. The number of para-hydroxylation sites is 1. The first-order valence-corrected chi connectivity index (χ1v) is 15.4. The molecule has 3 aromatic rings. The third-order valence-electron chi connectivity index (χ3n) is 7.44. The smallest absolute Gasteiger partial charge is 0.264 e. The zero-order valence-corrected chi connectivity index (χ0v) is 24.7. The van der Waals surface area contributed by atoms with Crippen molar-refractivity contribution in [1.82, 2.24) is 10.2 Å². The Hall–Kier alpha value is -3.36. The molecule has 7 nitrogen and oxygen atoms in total. The van der Waals surface area contributed by atoms with Gasteiger partial charge in [-0.3, -0.25) is 13.9 Å². The normalized spacial score (nSPS) is 14.5. The highest BCUT2D eigenvalue weighted by molar-refractivity contribution is 7.92. The lowest BCUT2D eigenvalue weighted by Crippen LogP contribution is -2.52. The lowest BCUT2D eigenvalue weighted by atomic mass is 10.1. The maximum atomic E-state index is 14.1. The van der Waals surface area contributed by atoms with E-state index in [0.717, 1.165) is 35.6 Å². The highest BCUT2D eigenvalue weighted by atomic mass is 35.5. The largest absolute Gasteiger partial charge is 0.352 e. The number of anilines is 1. The van der Waals surface area contributed by atoms with Crippen molar-refractivity contribution >= 4 is 39.1 Å². The molecule has 0 bridgehead atoms. The van der Waals surface area contributed by atoms with Crippen LogP contribution in [0.1, 0.15) is 49.3 Å². The fourth-order valence-electron chi connectivity index (χ4n) is 4.98. The summed E-state index contributed by atoms with van der Waals surface area (Å²) in [5.74, 6) is -0.774. The Balaban J connectivity index is 1.70. The molecule has 1 saturated carbocycles. The molecule has 1 atom stereocenters. The number of sulfonamides is 1. The molecular formula is C31H36ClN3O4S. The van der Waals surface area contributed by atoms with E-state index in [2.05, 4.69) is 5.32 Å². The molecule has 1 aliphatic carbocycles. The van der Waals surface area contributed by atoms with Gasteiger partial charge in [0.15, 0.2) is 0 Å². The Morgan fingerprint density at radius 1 is 0.950 bits per heavy atom. The van der Waals surface area contributed by atoms with Crippen molar-refractivity contribution in [2.75, 3.05) is 10.8 Å². The van der Waals surface area contributed by atoms with Gasteiger partial charge < -0.3 is 10.2 Å². The van der Waals surface area contributed by atoms with E-state index >= 15 is 0 Å². The number of rotatable bonds is 10. The molecule has 1 N–H and O–H groups in total. The van der Waals surface area contributed by atoms with Crippen LogP contribution >= 0.6 is 11.6 Å². The molecule has 3 aromatic carbocycles. The maximum Gasteiger partial charge on any atom is 0.264 e. The van der Waals surface area contributed by atoms with Crippen LogP contribution in [0.4, 0.5) is 5.69 Å². The van der Waals surface area contributed by atoms with Gasteiger partial charge in [0.25, 0.3) is 10.0 Å². The predicted molar refractivity (Wildman–Crippen MR) is 159 cm³/mol. The monoisotopic (exact) mass is 581 g/mol. The number of halogens is 1. The molecule has 2 amide bonds. The summed E-state index contributed by atoms with van der Waals surface area (Å²) in [6.45, 7) is 4.93. The van der Waals surface area contributed by atoms with E-state index in [0.29, 0.717) is 21.8 Å². The Morgan fingerprint density at radius 3 is 2.23 bits per heavy atom. The van der Waals surface area contributed by atoms with E-state index in [1.54, 1.807) is 74.5 Å². The maximum absolute atomic E-state index is 14.1. The van der Waals surface area contributed by atoms with Crippen molar-refractivity contribution < 1.29 is 18.0 Å². The lowest BCUT2D eigenvalue weighted by Gasteiger charge is -2.33. The van der Waals surface area contributed by atoms with Crippen molar-refractivity contribution in [2.45, 2.75) is 70.0 Å². The number of carbonyl (C=O) groups excluding carboxylic acids is 2. The average Bonchev–Trinajstić information content (AvgIpc) is 3.44. The number of aryl methyl sites for hydroxylation is 2. The summed E-state index contributed by atoms with van der Waals surface area (Å²) < 4.78 is 29.0. The minimum Gasteiger partial charge on any atom is -0.352 e. The summed E-state index contributed by atoms with van der Waals surface area (Å²) in [4.78, 5) is 28.9. The molecule has 1 fully saturated rings. The van der Waals surface area contributed by atoms with Crippen LogP contribution in [0.5, 0.6) is 0 Å². The van der Waals surface area contributed by atoms with Gasteiger partial charge in [0.1, 0.15) is 12.6 Å². The van der Waals surface area contributed by atoms with Gasteiger partial charge >= 0.3 is 0 Å². The molecule has 1 aliphatic rings. The molecule has 0 saturated heterocycles. The van der Waals surface area contributed by atoms with Gasteiger partial charge in [0.2, 0.25) is 11.8 Å².